The maximum absolute atomic E-state index is 12.8. The minimum atomic E-state index is -0.280. The normalized spacial score (nSPS) is 21.1. The first kappa shape index (κ1) is 24.0. The summed E-state index contributed by atoms with van der Waals surface area (Å²) in [5, 5.41) is 5.92. The van der Waals surface area contributed by atoms with Gasteiger partial charge >= 0.3 is 6.09 Å². The number of hydrogen-bond donors (Lipinski definition) is 1. The molecule has 1 aromatic heterocycles. The van der Waals surface area contributed by atoms with Gasteiger partial charge in [-0.3, -0.25) is 9.59 Å². The minimum absolute atomic E-state index is 0.0439. The summed E-state index contributed by atoms with van der Waals surface area (Å²) in [5.41, 5.74) is 0.475. The Morgan fingerprint density at radius 1 is 1.00 bits per heavy atom. The van der Waals surface area contributed by atoms with Gasteiger partial charge in [-0.25, -0.2) is 9.78 Å². The number of piperidine rings is 2. The molecule has 8 nitrogen and oxygen atoms in total. The molecule has 2 aliphatic heterocycles. The Labute approximate surface area is 200 Å². The molecule has 1 N–H and O–H groups in total. The van der Waals surface area contributed by atoms with Gasteiger partial charge in [-0.15, -0.1) is 11.3 Å². The van der Waals surface area contributed by atoms with Gasteiger partial charge < -0.3 is 19.9 Å². The summed E-state index contributed by atoms with van der Waals surface area (Å²) in [6.45, 7) is 4.93. The predicted octanol–water partition coefficient (Wildman–Crippen LogP) is 3.78. The van der Waals surface area contributed by atoms with Crippen LogP contribution in [0.25, 0.3) is 0 Å². The lowest BCUT2D eigenvalue weighted by atomic mass is 9.87. The van der Waals surface area contributed by atoms with E-state index in [1.165, 1.54) is 19.3 Å². The van der Waals surface area contributed by atoms with E-state index in [4.69, 9.17) is 4.74 Å². The summed E-state index contributed by atoms with van der Waals surface area (Å²) in [5.74, 6) is 0.757. The smallest absolute Gasteiger partial charge is 0.409 e. The third-order valence-corrected chi connectivity index (χ3v) is 8.23. The van der Waals surface area contributed by atoms with Crippen LogP contribution in [-0.4, -0.2) is 71.5 Å². The predicted molar refractivity (Wildman–Crippen MR) is 126 cm³/mol. The van der Waals surface area contributed by atoms with Crippen molar-refractivity contribution in [3.05, 3.63) is 16.1 Å². The second-order valence-electron chi connectivity index (χ2n) is 9.44. The first-order valence-electron chi connectivity index (χ1n) is 12.5. The zero-order chi connectivity index (χ0) is 23.2. The molecular formula is C24H36N4O4S. The van der Waals surface area contributed by atoms with Crippen LogP contribution in [0, 0.1) is 5.92 Å². The van der Waals surface area contributed by atoms with Gasteiger partial charge in [0, 0.05) is 49.4 Å². The van der Waals surface area contributed by atoms with E-state index in [1.54, 1.807) is 23.2 Å². The van der Waals surface area contributed by atoms with Crippen molar-refractivity contribution in [2.45, 2.75) is 76.7 Å². The van der Waals surface area contributed by atoms with E-state index in [0.29, 0.717) is 37.2 Å². The second kappa shape index (κ2) is 11.3. The van der Waals surface area contributed by atoms with Crippen molar-refractivity contribution in [3.8, 4) is 0 Å². The SMILES string of the molecule is CCOC(=O)N1CCC(NC(=O)c2csc(C3CCN(C(=O)C4CCCCC4)CC3)n2)CC1. The van der Waals surface area contributed by atoms with Gasteiger partial charge in [-0.05, 0) is 45.4 Å². The van der Waals surface area contributed by atoms with Crippen molar-refractivity contribution in [1.82, 2.24) is 20.1 Å². The van der Waals surface area contributed by atoms with Crippen molar-refractivity contribution in [2.24, 2.45) is 5.92 Å². The Balaban J connectivity index is 1.22. The Bertz CT molecular complexity index is 822. The summed E-state index contributed by atoms with van der Waals surface area (Å²) < 4.78 is 5.05. The van der Waals surface area contributed by atoms with Gasteiger partial charge in [0.05, 0.1) is 11.6 Å². The van der Waals surface area contributed by atoms with Crippen molar-refractivity contribution in [1.29, 1.82) is 0 Å². The van der Waals surface area contributed by atoms with Gasteiger partial charge in [-0.2, -0.15) is 0 Å². The Kier molecular flexibility index (Phi) is 8.22. The maximum atomic E-state index is 12.8. The largest absolute Gasteiger partial charge is 0.450 e. The summed E-state index contributed by atoms with van der Waals surface area (Å²) in [4.78, 5) is 45.7. The van der Waals surface area contributed by atoms with Gasteiger partial charge in [0.15, 0.2) is 0 Å². The molecule has 1 aromatic rings. The van der Waals surface area contributed by atoms with Crippen LogP contribution in [0.15, 0.2) is 5.38 Å². The summed E-state index contributed by atoms with van der Waals surface area (Å²) in [7, 11) is 0. The first-order valence-corrected chi connectivity index (χ1v) is 13.4. The van der Waals surface area contributed by atoms with Crippen LogP contribution in [0.1, 0.15) is 86.1 Å². The molecule has 3 heterocycles. The first-order chi connectivity index (χ1) is 16.0. The van der Waals surface area contributed by atoms with Crippen LogP contribution in [0.2, 0.25) is 0 Å². The molecule has 2 saturated heterocycles. The van der Waals surface area contributed by atoms with E-state index >= 15 is 0 Å². The third-order valence-electron chi connectivity index (χ3n) is 7.22. The highest BCUT2D eigenvalue weighted by atomic mass is 32.1. The Hall–Kier alpha value is -2.16. The number of rotatable bonds is 5. The highest BCUT2D eigenvalue weighted by Gasteiger charge is 2.31. The molecule has 33 heavy (non-hydrogen) atoms. The molecular weight excluding hydrogens is 440 g/mol. The molecule has 0 atom stereocenters. The van der Waals surface area contributed by atoms with E-state index in [1.807, 2.05) is 5.38 Å². The monoisotopic (exact) mass is 476 g/mol. The molecule has 3 aliphatic rings. The molecule has 4 rings (SSSR count). The fourth-order valence-corrected chi connectivity index (χ4v) is 6.19. The fraction of sp³-hybridized carbons (Fsp3) is 0.750. The van der Waals surface area contributed by atoms with Gasteiger partial charge in [0.1, 0.15) is 5.69 Å². The lowest BCUT2D eigenvalue weighted by molar-refractivity contribution is -0.137. The lowest BCUT2D eigenvalue weighted by Crippen LogP contribution is -2.46. The molecule has 3 amide bonds. The van der Waals surface area contributed by atoms with Crippen molar-refractivity contribution >= 4 is 29.2 Å². The number of aromatic nitrogens is 1. The number of nitrogens with one attached hydrogen (secondary N) is 1. The molecule has 0 spiro atoms. The number of likely N-dealkylation sites (tertiary alicyclic amines) is 2. The highest BCUT2D eigenvalue weighted by molar-refractivity contribution is 7.09. The van der Waals surface area contributed by atoms with Crippen molar-refractivity contribution < 1.29 is 19.1 Å². The zero-order valence-electron chi connectivity index (χ0n) is 19.6. The maximum Gasteiger partial charge on any atom is 0.409 e. The van der Waals surface area contributed by atoms with Crippen LogP contribution in [0.5, 0.6) is 0 Å². The Morgan fingerprint density at radius 2 is 1.67 bits per heavy atom. The molecule has 182 valence electrons. The molecule has 3 fully saturated rings. The number of thiazole rings is 1. The van der Waals surface area contributed by atoms with E-state index in [2.05, 4.69) is 15.2 Å². The van der Waals surface area contributed by atoms with Crippen LogP contribution in [0.4, 0.5) is 4.79 Å². The van der Waals surface area contributed by atoms with Gasteiger partial charge in [-0.1, -0.05) is 19.3 Å². The second-order valence-corrected chi connectivity index (χ2v) is 10.3. The number of carbonyl (C=O) groups is 3. The Morgan fingerprint density at radius 3 is 2.33 bits per heavy atom. The summed E-state index contributed by atoms with van der Waals surface area (Å²) >= 11 is 1.55. The van der Waals surface area contributed by atoms with Crippen LogP contribution < -0.4 is 5.32 Å². The fourth-order valence-electron chi connectivity index (χ4n) is 5.21. The van der Waals surface area contributed by atoms with E-state index in [0.717, 1.165) is 56.6 Å². The van der Waals surface area contributed by atoms with Crippen molar-refractivity contribution in [3.63, 3.8) is 0 Å². The quantitative estimate of drug-likeness (QED) is 0.698. The van der Waals surface area contributed by atoms with Gasteiger partial charge in [0.25, 0.3) is 5.91 Å². The number of hydrogen-bond acceptors (Lipinski definition) is 6. The third kappa shape index (κ3) is 6.05. The average molecular weight is 477 g/mol. The van der Waals surface area contributed by atoms with Crippen LogP contribution >= 0.6 is 11.3 Å². The highest BCUT2D eigenvalue weighted by Crippen LogP contribution is 2.32. The molecule has 0 bridgehead atoms. The number of carbonyl (C=O) groups excluding carboxylic acids is 3. The minimum Gasteiger partial charge on any atom is -0.450 e. The summed E-state index contributed by atoms with van der Waals surface area (Å²) in [6.07, 6.45) is 8.71. The van der Waals surface area contributed by atoms with E-state index in [9.17, 15) is 14.4 Å². The van der Waals surface area contributed by atoms with E-state index < -0.39 is 0 Å². The summed E-state index contributed by atoms with van der Waals surface area (Å²) in [6, 6.07) is 0.0439. The number of nitrogens with zero attached hydrogens (tertiary/aromatic N) is 3. The standard InChI is InChI=1S/C24H36N4O4S/c1-2-32-24(31)28-14-10-19(11-15-28)25-21(29)20-16-33-22(26-20)17-8-12-27(13-9-17)23(30)18-6-4-3-5-7-18/h16-19H,2-15H2,1H3,(H,25,29). The number of amides is 3. The molecule has 0 radical (unpaired) electrons. The number of ether oxygens (including phenoxy) is 1. The molecule has 0 aromatic carbocycles. The topological polar surface area (TPSA) is 91.8 Å². The average Bonchev–Trinajstić information content (AvgIpc) is 3.35. The van der Waals surface area contributed by atoms with Crippen molar-refractivity contribution in [2.75, 3.05) is 32.8 Å². The van der Waals surface area contributed by atoms with E-state index in [-0.39, 0.29) is 24.0 Å². The van der Waals surface area contributed by atoms with Gasteiger partial charge in [0.2, 0.25) is 5.91 Å². The zero-order valence-corrected chi connectivity index (χ0v) is 20.4. The molecule has 9 heteroatoms. The molecule has 1 aliphatic carbocycles. The molecule has 0 unspecified atom stereocenters. The van der Waals surface area contributed by atoms with Crippen LogP contribution in [0.3, 0.4) is 0 Å². The lowest BCUT2D eigenvalue weighted by Gasteiger charge is -2.34. The molecule has 1 saturated carbocycles. The van der Waals surface area contributed by atoms with Crippen LogP contribution in [-0.2, 0) is 9.53 Å².